The number of hydrogen-bond acceptors (Lipinski definition) is 6. The summed E-state index contributed by atoms with van der Waals surface area (Å²) in [5.41, 5.74) is 3.41. The Labute approximate surface area is 192 Å². The van der Waals surface area contributed by atoms with E-state index in [1.807, 2.05) is 69.3 Å². The molecule has 0 fully saturated rings. The molecule has 0 aliphatic heterocycles. The molecule has 4 rings (SSSR count). The van der Waals surface area contributed by atoms with Crippen molar-refractivity contribution in [1.82, 2.24) is 4.98 Å². The first-order valence-corrected chi connectivity index (χ1v) is 11.0. The van der Waals surface area contributed by atoms with Crippen molar-refractivity contribution < 1.29 is 23.4 Å². The maximum atomic E-state index is 13.0. The SMILES string of the molecule is CCOc1cc(C(=O)Nc2ccc(-c3nc4ccccc4o3)cc2)cc(OCC)c1OCC. The zero-order chi connectivity index (χ0) is 23.2. The van der Waals surface area contributed by atoms with Crippen LogP contribution in [0.3, 0.4) is 0 Å². The van der Waals surface area contributed by atoms with Gasteiger partial charge in [-0.05, 0) is 69.3 Å². The van der Waals surface area contributed by atoms with Crippen molar-refractivity contribution in [3.05, 3.63) is 66.2 Å². The maximum absolute atomic E-state index is 13.0. The third kappa shape index (κ3) is 4.92. The number of carbonyl (C=O) groups is 1. The number of ether oxygens (including phenoxy) is 3. The van der Waals surface area contributed by atoms with Crippen LogP contribution in [0.5, 0.6) is 17.2 Å². The van der Waals surface area contributed by atoms with Gasteiger partial charge in [0.15, 0.2) is 17.1 Å². The average molecular weight is 447 g/mol. The Hall–Kier alpha value is -4.00. The third-order valence-corrected chi connectivity index (χ3v) is 4.85. The molecule has 0 saturated heterocycles. The van der Waals surface area contributed by atoms with Crippen LogP contribution in [0.25, 0.3) is 22.6 Å². The number of hydrogen-bond donors (Lipinski definition) is 1. The second kappa shape index (κ2) is 10.1. The van der Waals surface area contributed by atoms with E-state index in [0.717, 1.165) is 16.7 Å². The Bertz CT molecular complexity index is 1190. The quantitative estimate of drug-likeness (QED) is 0.342. The molecule has 0 bridgehead atoms. The van der Waals surface area contributed by atoms with Crippen LogP contribution < -0.4 is 19.5 Å². The van der Waals surface area contributed by atoms with Gasteiger partial charge >= 0.3 is 0 Å². The number of aromatic nitrogens is 1. The number of para-hydroxylation sites is 2. The Balaban J connectivity index is 1.56. The lowest BCUT2D eigenvalue weighted by atomic mass is 10.1. The number of nitrogens with zero attached hydrogens (tertiary/aromatic N) is 1. The third-order valence-electron chi connectivity index (χ3n) is 4.85. The Morgan fingerprint density at radius 3 is 2.12 bits per heavy atom. The van der Waals surface area contributed by atoms with E-state index >= 15 is 0 Å². The molecule has 0 aliphatic rings. The van der Waals surface area contributed by atoms with E-state index < -0.39 is 0 Å². The smallest absolute Gasteiger partial charge is 0.255 e. The molecular weight excluding hydrogens is 420 g/mol. The minimum atomic E-state index is -0.283. The van der Waals surface area contributed by atoms with Gasteiger partial charge in [-0.1, -0.05) is 12.1 Å². The van der Waals surface area contributed by atoms with Crippen LogP contribution in [-0.2, 0) is 0 Å². The Morgan fingerprint density at radius 1 is 0.879 bits per heavy atom. The van der Waals surface area contributed by atoms with Crippen molar-refractivity contribution in [2.45, 2.75) is 20.8 Å². The molecule has 7 nitrogen and oxygen atoms in total. The van der Waals surface area contributed by atoms with Crippen LogP contribution in [0.4, 0.5) is 5.69 Å². The Kier molecular flexibility index (Phi) is 6.78. The second-order valence-corrected chi connectivity index (χ2v) is 7.12. The number of nitrogens with one attached hydrogen (secondary N) is 1. The van der Waals surface area contributed by atoms with Gasteiger partial charge in [0.25, 0.3) is 5.91 Å². The molecule has 0 unspecified atom stereocenters. The number of rotatable bonds is 9. The van der Waals surface area contributed by atoms with E-state index in [2.05, 4.69) is 10.3 Å². The minimum Gasteiger partial charge on any atom is -0.490 e. The summed E-state index contributed by atoms with van der Waals surface area (Å²) in [5, 5.41) is 2.91. The summed E-state index contributed by atoms with van der Waals surface area (Å²) in [6.07, 6.45) is 0. The first-order chi connectivity index (χ1) is 16.1. The van der Waals surface area contributed by atoms with Gasteiger partial charge in [-0.25, -0.2) is 4.98 Å². The number of oxazole rings is 1. The van der Waals surface area contributed by atoms with E-state index in [1.165, 1.54) is 0 Å². The lowest BCUT2D eigenvalue weighted by Gasteiger charge is -2.17. The highest BCUT2D eigenvalue weighted by molar-refractivity contribution is 6.05. The molecule has 1 amide bonds. The highest BCUT2D eigenvalue weighted by atomic mass is 16.5. The van der Waals surface area contributed by atoms with Crippen LogP contribution in [-0.4, -0.2) is 30.7 Å². The molecule has 170 valence electrons. The van der Waals surface area contributed by atoms with Crippen molar-refractivity contribution in [2.24, 2.45) is 0 Å². The first-order valence-electron chi connectivity index (χ1n) is 11.0. The molecular formula is C26H26N2O5. The van der Waals surface area contributed by atoms with Crippen molar-refractivity contribution in [1.29, 1.82) is 0 Å². The van der Waals surface area contributed by atoms with Crippen molar-refractivity contribution >= 4 is 22.7 Å². The number of fused-ring (bicyclic) bond motifs is 1. The highest BCUT2D eigenvalue weighted by Gasteiger charge is 2.18. The largest absolute Gasteiger partial charge is 0.490 e. The van der Waals surface area contributed by atoms with E-state index in [0.29, 0.717) is 54.2 Å². The van der Waals surface area contributed by atoms with Crippen LogP contribution in [0, 0.1) is 0 Å². The van der Waals surface area contributed by atoms with Crippen LogP contribution in [0.15, 0.2) is 65.1 Å². The van der Waals surface area contributed by atoms with Gasteiger partial charge in [0.05, 0.1) is 19.8 Å². The fraction of sp³-hybridized carbons (Fsp3) is 0.231. The first kappa shape index (κ1) is 22.2. The number of benzene rings is 3. The molecule has 1 heterocycles. The van der Waals surface area contributed by atoms with E-state index in [4.69, 9.17) is 18.6 Å². The summed E-state index contributed by atoms with van der Waals surface area (Å²) in [5.74, 6) is 1.70. The van der Waals surface area contributed by atoms with Gasteiger partial charge in [0, 0.05) is 16.8 Å². The van der Waals surface area contributed by atoms with Gasteiger partial charge in [-0.2, -0.15) is 0 Å². The lowest BCUT2D eigenvalue weighted by Crippen LogP contribution is -2.13. The van der Waals surface area contributed by atoms with Gasteiger partial charge in [-0.15, -0.1) is 0 Å². The molecule has 4 aromatic rings. The van der Waals surface area contributed by atoms with Gasteiger partial charge in [0.1, 0.15) is 5.52 Å². The topological polar surface area (TPSA) is 82.8 Å². The summed E-state index contributed by atoms with van der Waals surface area (Å²) in [7, 11) is 0. The predicted molar refractivity (Wildman–Crippen MR) is 127 cm³/mol. The minimum absolute atomic E-state index is 0.283. The summed E-state index contributed by atoms with van der Waals surface area (Å²) < 4.78 is 22.9. The van der Waals surface area contributed by atoms with Crippen molar-refractivity contribution in [3.63, 3.8) is 0 Å². The lowest BCUT2D eigenvalue weighted by molar-refractivity contribution is 0.102. The highest BCUT2D eigenvalue weighted by Crippen LogP contribution is 2.39. The van der Waals surface area contributed by atoms with E-state index in [-0.39, 0.29) is 5.91 Å². The molecule has 3 aromatic carbocycles. The second-order valence-electron chi connectivity index (χ2n) is 7.12. The number of carbonyl (C=O) groups excluding carboxylic acids is 1. The summed E-state index contributed by atoms with van der Waals surface area (Å²) >= 11 is 0. The van der Waals surface area contributed by atoms with E-state index in [1.54, 1.807) is 12.1 Å². The van der Waals surface area contributed by atoms with Crippen LogP contribution >= 0.6 is 0 Å². The molecule has 0 atom stereocenters. The molecule has 1 aromatic heterocycles. The Morgan fingerprint density at radius 2 is 1.52 bits per heavy atom. The van der Waals surface area contributed by atoms with Crippen molar-refractivity contribution in [2.75, 3.05) is 25.1 Å². The number of amides is 1. The van der Waals surface area contributed by atoms with Gasteiger partial charge < -0.3 is 23.9 Å². The predicted octanol–water partition coefficient (Wildman–Crippen LogP) is 5.94. The fourth-order valence-corrected chi connectivity index (χ4v) is 3.41. The molecule has 33 heavy (non-hydrogen) atoms. The fourth-order valence-electron chi connectivity index (χ4n) is 3.41. The zero-order valence-electron chi connectivity index (χ0n) is 18.9. The molecule has 0 radical (unpaired) electrons. The number of anilines is 1. The zero-order valence-corrected chi connectivity index (χ0v) is 18.9. The summed E-state index contributed by atoms with van der Waals surface area (Å²) in [6.45, 7) is 6.97. The normalized spacial score (nSPS) is 10.8. The summed E-state index contributed by atoms with van der Waals surface area (Å²) in [4.78, 5) is 17.5. The van der Waals surface area contributed by atoms with Crippen LogP contribution in [0.1, 0.15) is 31.1 Å². The summed E-state index contributed by atoms with van der Waals surface area (Å²) in [6, 6.07) is 18.3. The van der Waals surface area contributed by atoms with Crippen LogP contribution in [0.2, 0.25) is 0 Å². The van der Waals surface area contributed by atoms with Crippen molar-refractivity contribution in [3.8, 4) is 28.7 Å². The average Bonchev–Trinajstić information content (AvgIpc) is 3.26. The monoisotopic (exact) mass is 446 g/mol. The molecule has 0 spiro atoms. The van der Waals surface area contributed by atoms with E-state index in [9.17, 15) is 4.79 Å². The molecule has 0 aliphatic carbocycles. The standard InChI is InChI=1S/C26H26N2O5/c1-4-30-22-15-18(16-23(31-5-2)24(22)32-6-3)25(29)27-19-13-11-17(12-14-19)26-28-20-9-7-8-10-21(20)33-26/h7-16H,4-6H2,1-3H3,(H,27,29). The maximum Gasteiger partial charge on any atom is 0.255 e. The molecule has 1 N–H and O–H groups in total. The molecule has 0 saturated carbocycles. The van der Waals surface area contributed by atoms with Gasteiger partial charge in [-0.3, -0.25) is 4.79 Å². The molecule has 7 heteroatoms. The van der Waals surface area contributed by atoms with Gasteiger partial charge in [0.2, 0.25) is 11.6 Å².